The fourth-order valence-corrected chi connectivity index (χ4v) is 1.73. The van der Waals surface area contributed by atoms with Crippen molar-refractivity contribution in [2.45, 2.75) is 6.61 Å². The molecule has 0 aliphatic carbocycles. The minimum absolute atomic E-state index is 0.179. The van der Waals surface area contributed by atoms with Gasteiger partial charge in [0.25, 0.3) is 5.69 Å². The highest BCUT2D eigenvalue weighted by atomic mass is 35.5. The van der Waals surface area contributed by atoms with E-state index in [4.69, 9.17) is 16.3 Å². The van der Waals surface area contributed by atoms with Gasteiger partial charge in [-0.1, -0.05) is 17.7 Å². The molecule has 0 saturated carbocycles. The van der Waals surface area contributed by atoms with Crippen molar-refractivity contribution < 1.29 is 18.4 Å². The Kier molecular flexibility index (Phi) is 4.14. The first kappa shape index (κ1) is 14.2. The number of halogens is 3. The van der Waals surface area contributed by atoms with Crippen LogP contribution in [0.2, 0.25) is 5.02 Å². The molecule has 0 aromatic heterocycles. The van der Waals surface area contributed by atoms with Gasteiger partial charge in [0.05, 0.1) is 4.92 Å². The predicted molar refractivity (Wildman–Crippen MR) is 68.8 cm³/mol. The molecular weight excluding hydrogens is 292 g/mol. The van der Waals surface area contributed by atoms with Crippen LogP contribution in [0.25, 0.3) is 0 Å². The molecule has 0 spiro atoms. The third-order valence-electron chi connectivity index (χ3n) is 2.53. The van der Waals surface area contributed by atoms with Crippen molar-refractivity contribution >= 4 is 17.3 Å². The SMILES string of the molecule is O=[N+]([O-])c1ccc(Cl)c(COc2c(F)cccc2F)c1. The van der Waals surface area contributed by atoms with Gasteiger partial charge in [0.2, 0.25) is 0 Å². The molecular formula is C13H8ClF2NO3. The monoisotopic (exact) mass is 299 g/mol. The predicted octanol–water partition coefficient (Wildman–Crippen LogP) is 4.11. The van der Waals surface area contributed by atoms with E-state index in [0.717, 1.165) is 12.1 Å². The van der Waals surface area contributed by atoms with Gasteiger partial charge in [0.1, 0.15) is 6.61 Å². The molecule has 0 saturated heterocycles. The zero-order chi connectivity index (χ0) is 14.7. The van der Waals surface area contributed by atoms with Crippen molar-refractivity contribution in [2.75, 3.05) is 0 Å². The zero-order valence-corrected chi connectivity index (χ0v) is 10.7. The van der Waals surface area contributed by atoms with Crippen LogP contribution in [0, 0.1) is 21.7 Å². The van der Waals surface area contributed by atoms with Crippen LogP contribution >= 0.6 is 11.6 Å². The third-order valence-corrected chi connectivity index (χ3v) is 2.90. The molecule has 7 heteroatoms. The number of hydrogen-bond acceptors (Lipinski definition) is 3. The normalized spacial score (nSPS) is 10.3. The molecule has 2 aromatic rings. The number of non-ortho nitro benzene ring substituents is 1. The smallest absolute Gasteiger partial charge is 0.269 e. The van der Waals surface area contributed by atoms with Gasteiger partial charge in [-0.15, -0.1) is 0 Å². The van der Waals surface area contributed by atoms with E-state index in [9.17, 15) is 18.9 Å². The van der Waals surface area contributed by atoms with Crippen LogP contribution in [0.5, 0.6) is 5.75 Å². The standard InChI is InChI=1S/C13H8ClF2NO3/c14-10-5-4-9(17(18)19)6-8(10)7-20-13-11(15)2-1-3-12(13)16/h1-6H,7H2. The summed E-state index contributed by atoms with van der Waals surface area (Å²) in [4.78, 5) is 10.1. The number of nitro groups is 1. The molecule has 2 aromatic carbocycles. The summed E-state index contributed by atoms with van der Waals surface area (Å²) in [6.45, 7) is -0.279. The lowest BCUT2D eigenvalue weighted by atomic mass is 10.2. The largest absolute Gasteiger partial charge is 0.483 e. The van der Waals surface area contributed by atoms with Gasteiger partial charge in [-0.3, -0.25) is 10.1 Å². The molecule has 0 aliphatic heterocycles. The number of para-hydroxylation sites is 1. The van der Waals surface area contributed by atoms with Crippen LogP contribution in [0.4, 0.5) is 14.5 Å². The molecule has 0 radical (unpaired) electrons. The van der Waals surface area contributed by atoms with Crippen molar-refractivity contribution in [3.8, 4) is 5.75 Å². The lowest BCUT2D eigenvalue weighted by molar-refractivity contribution is -0.384. The van der Waals surface area contributed by atoms with Crippen LogP contribution in [-0.4, -0.2) is 4.92 Å². The minimum Gasteiger partial charge on any atom is -0.483 e. The minimum atomic E-state index is -0.855. The van der Waals surface area contributed by atoms with Crippen LogP contribution in [-0.2, 0) is 6.61 Å². The Morgan fingerprint density at radius 2 is 1.85 bits per heavy atom. The maximum absolute atomic E-state index is 13.4. The summed E-state index contributed by atoms with van der Waals surface area (Å²) in [6.07, 6.45) is 0. The molecule has 0 fully saturated rings. The van der Waals surface area contributed by atoms with Crippen molar-refractivity contribution in [1.82, 2.24) is 0 Å². The van der Waals surface area contributed by atoms with Crippen molar-refractivity contribution in [1.29, 1.82) is 0 Å². The second-order valence-corrected chi connectivity index (χ2v) is 4.28. The van der Waals surface area contributed by atoms with E-state index >= 15 is 0 Å². The highest BCUT2D eigenvalue weighted by molar-refractivity contribution is 6.31. The third kappa shape index (κ3) is 3.03. The summed E-state index contributed by atoms with van der Waals surface area (Å²) < 4.78 is 31.7. The molecule has 20 heavy (non-hydrogen) atoms. The van der Waals surface area contributed by atoms with Crippen LogP contribution < -0.4 is 4.74 Å². The van der Waals surface area contributed by atoms with E-state index in [0.29, 0.717) is 0 Å². The summed E-state index contributed by atoms with van der Waals surface area (Å²) in [5, 5.41) is 10.9. The summed E-state index contributed by atoms with van der Waals surface area (Å²) in [5.74, 6) is -2.26. The molecule has 0 amide bonds. The number of nitro benzene ring substituents is 1. The number of rotatable bonds is 4. The Labute approximate surface area is 117 Å². The van der Waals surface area contributed by atoms with Gasteiger partial charge in [0.15, 0.2) is 17.4 Å². The fourth-order valence-electron chi connectivity index (χ4n) is 1.56. The highest BCUT2D eigenvalue weighted by Gasteiger charge is 2.13. The lowest BCUT2D eigenvalue weighted by Crippen LogP contribution is -2.01. The van der Waals surface area contributed by atoms with Gasteiger partial charge in [-0.05, 0) is 18.2 Å². The Balaban J connectivity index is 2.23. The van der Waals surface area contributed by atoms with E-state index in [1.807, 2.05) is 0 Å². The molecule has 2 rings (SSSR count). The molecule has 0 unspecified atom stereocenters. The zero-order valence-electron chi connectivity index (χ0n) is 9.98. The Bertz CT molecular complexity index is 644. The van der Waals surface area contributed by atoms with Gasteiger partial charge >= 0.3 is 0 Å². The van der Waals surface area contributed by atoms with Gasteiger partial charge in [-0.2, -0.15) is 0 Å². The fraction of sp³-hybridized carbons (Fsp3) is 0.0769. The first-order valence-electron chi connectivity index (χ1n) is 5.48. The Morgan fingerprint density at radius 1 is 1.20 bits per heavy atom. The molecule has 0 heterocycles. The second-order valence-electron chi connectivity index (χ2n) is 3.87. The average Bonchev–Trinajstić information content (AvgIpc) is 2.39. The number of hydrogen-bond donors (Lipinski definition) is 0. The number of benzene rings is 2. The van der Waals surface area contributed by atoms with E-state index in [-0.39, 0.29) is 22.9 Å². The highest BCUT2D eigenvalue weighted by Crippen LogP contribution is 2.26. The first-order valence-corrected chi connectivity index (χ1v) is 5.86. The van der Waals surface area contributed by atoms with E-state index in [2.05, 4.69) is 0 Å². The summed E-state index contributed by atoms with van der Waals surface area (Å²) in [5.41, 5.74) is 0.0884. The van der Waals surface area contributed by atoms with Crippen molar-refractivity contribution in [2.24, 2.45) is 0 Å². The molecule has 104 valence electrons. The Hall–Kier alpha value is -2.21. The quantitative estimate of drug-likeness (QED) is 0.630. The van der Waals surface area contributed by atoms with Crippen LogP contribution in [0.1, 0.15) is 5.56 Å². The van der Waals surface area contributed by atoms with Gasteiger partial charge in [-0.25, -0.2) is 8.78 Å². The van der Waals surface area contributed by atoms with Crippen LogP contribution in [0.15, 0.2) is 36.4 Å². The summed E-state index contributed by atoms with van der Waals surface area (Å²) in [7, 11) is 0. The average molecular weight is 300 g/mol. The molecule has 0 atom stereocenters. The molecule has 0 aliphatic rings. The first-order chi connectivity index (χ1) is 9.49. The maximum atomic E-state index is 13.4. The van der Waals surface area contributed by atoms with Crippen LogP contribution in [0.3, 0.4) is 0 Å². The number of ether oxygens (including phenoxy) is 1. The van der Waals surface area contributed by atoms with Crippen molar-refractivity contribution in [3.63, 3.8) is 0 Å². The van der Waals surface area contributed by atoms with E-state index in [1.54, 1.807) is 0 Å². The Morgan fingerprint density at radius 3 is 2.45 bits per heavy atom. The topological polar surface area (TPSA) is 52.4 Å². The van der Waals surface area contributed by atoms with Crippen molar-refractivity contribution in [3.05, 3.63) is 68.7 Å². The van der Waals surface area contributed by atoms with E-state index in [1.165, 1.54) is 24.3 Å². The summed E-state index contributed by atoms with van der Waals surface area (Å²) in [6, 6.07) is 7.06. The lowest BCUT2D eigenvalue weighted by Gasteiger charge is -2.09. The summed E-state index contributed by atoms with van der Waals surface area (Å²) >= 11 is 5.86. The second kappa shape index (κ2) is 5.83. The molecule has 4 nitrogen and oxygen atoms in total. The van der Waals surface area contributed by atoms with Gasteiger partial charge < -0.3 is 4.74 Å². The molecule has 0 N–H and O–H groups in total. The number of nitrogens with zero attached hydrogens (tertiary/aromatic N) is 1. The molecule has 0 bridgehead atoms. The van der Waals surface area contributed by atoms with Gasteiger partial charge in [0, 0.05) is 22.7 Å². The maximum Gasteiger partial charge on any atom is 0.269 e. The van der Waals surface area contributed by atoms with E-state index < -0.39 is 22.3 Å².